The summed E-state index contributed by atoms with van der Waals surface area (Å²) in [6.45, 7) is 1.84. The molecule has 0 aliphatic carbocycles. The summed E-state index contributed by atoms with van der Waals surface area (Å²) in [6.07, 6.45) is -1.39. The molecule has 0 spiro atoms. The van der Waals surface area contributed by atoms with Gasteiger partial charge in [-0.15, -0.1) is 0 Å². The SMILES string of the molecule is CC1Oc2ccccc2OC1C(=O)NNC(=O)c1ccc2c(c1)OCO2. The summed E-state index contributed by atoms with van der Waals surface area (Å²) in [6, 6.07) is 11.8. The smallest absolute Gasteiger partial charge is 0.283 e. The summed E-state index contributed by atoms with van der Waals surface area (Å²) in [5.74, 6) is 1.12. The number of para-hydroxylation sites is 2. The minimum Gasteiger partial charge on any atom is -0.482 e. The van der Waals surface area contributed by atoms with Crippen LogP contribution in [0.15, 0.2) is 42.5 Å². The van der Waals surface area contributed by atoms with Crippen LogP contribution in [0.5, 0.6) is 23.0 Å². The first-order chi connectivity index (χ1) is 12.6. The first-order valence-corrected chi connectivity index (χ1v) is 8.04. The quantitative estimate of drug-likeness (QED) is 0.790. The monoisotopic (exact) mass is 356 g/mol. The number of nitrogens with one attached hydrogen (secondary N) is 2. The third-order valence-electron chi connectivity index (χ3n) is 4.03. The van der Waals surface area contributed by atoms with Crippen LogP contribution >= 0.6 is 0 Å². The van der Waals surface area contributed by atoms with Crippen molar-refractivity contribution in [3.8, 4) is 23.0 Å². The van der Waals surface area contributed by atoms with Gasteiger partial charge in [-0.2, -0.15) is 0 Å². The normalized spacial score (nSPS) is 19.6. The lowest BCUT2D eigenvalue weighted by atomic mass is 10.1. The van der Waals surface area contributed by atoms with E-state index in [4.69, 9.17) is 18.9 Å². The number of hydrazine groups is 1. The van der Waals surface area contributed by atoms with Gasteiger partial charge in [0.2, 0.25) is 12.9 Å². The fraction of sp³-hybridized carbons (Fsp3) is 0.222. The van der Waals surface area contributed by atoms with Gasteiger partial charge >= 0.3 is 0 Å². The van der Waals surface area contributed by atoms with E-state index in [-0.39, 0.29) is 6.79 Å². The number of rotatable bonds is 2. The van der Waals surface area contributed by atoms with Crippen molar-refractivity contribution in [1.29, 1.82) is 0 Å². The molecule has 2 heterocycles. The summed E-state index contributed by atoms with van der Waals surface area (Å²) in [7, 11) is 0. The largest absolute Gasteiger partial charge is 0.482 e. The molecule has 0 fully saturated rings. The Balaban J connectivity index is 1.39. The number of fused-ring (bicyclic) bond motifs is 2. The molecule has 0 bridgehead atoms. The van der Waals surface area contributed by atoms with E-state index in [1.807, 2.05) is 6.07 Å². The zero-order valence-corrected chi connectivity index (χ0v) is 13.9. The molecule has 0 saturated carbocycles. The molecule has 134 valence electrons. The van der Waals surface area contributed by atoms with Gasteiger partial charge in [-0.05, 0) is 37.3 Å². The summed E-state index contributed by atoms with van der Waals surface area (Å²) in [5, 5.41) is 0. The first-order valence-electron chi connectivity index (χ1n) is 8.04. The van der Waals surface area contributed by atoms with E-state index in [1.165, 1.54) is 0 Å². The highest BCUT2D eigenvalue weighted by Crippen LogP contribution is 2.34. The van der Waals surface area contributed by atoms with E-state index in [1.54, 1.807) is 43.3 Å². The van der Waals surface area contributed by atoms with Gasteiger partial charge in [0.15, 0.2) is 23.0 Å². The average Bonchev–Trinajstić information content (AvgIpc) is 3.13. The fourth-order valence-corrected chi connectivity index (χ4v) is 2.71. The van der Waals surface area contributed by atoms with Crippen LogP contribution < -0.4 is 29.8 Å². The van der Waals surface area contributed by atoms with Crippen LogP contribution in [-0.2, 0) is 4.79 Å². The zero-order chi connectivity index (χ0) is 18.1. The van der Waals surface area contributed by atoms with Gasteiger partial charge in [0.1, 0.15) is 6.10 Å². The first kappa shape index (κ1) is 16.1. The Bertz CT molecular complexity index is 869. The van der Waals surface area contributed by atoms with Crippen LogP contribution in [0.2, 0.25) is 0 Å². The Morgan fingerprint density at radius 3 is 2.46 bits per heavy atom. The maximum Gasteiger partial charge on any atom is 0.283 e. The van der Waals surface area contributed by atoms with E-state index in [0.29, 0.717) is 28.6 Å². The highest BCUT2D eigenvalue weighted by Gasteiger charge is 2.34. The number of hydrogen-bond donors (Lipinski definition) is 2. The summed E-state index contributed by atoms with van der Waals surface area (Å²) < 4.78 is 21.8. The van der Waals surface area contributed by atoms with Gasteiger partial charge in [0.25, 0.3) is 11.8 Å². The Kier molecular flexibility index (Phi) is 4.00. The summed E-state index contributed by atoms with van der Waals surface area (Å²) >= 11 is 0. The second-order valence-electron chi connectivity index (χ2n) is 5.82. The highest BCUT2D eigenvalue weighted by atomic mass is 16.7. The minimum absolute atomic E-state index is 0.121. The molecule has 2 atom stereocenters. The predicted octanol–water partition coefficient (Wildman–Crippen LogP) is 1.40. The van der Waals surface area contributed by atoms with Crippen molar-refractivity contribution < 1.29 is 28.5 Å². The van der Waals surface area contributed by atoms with Crippen molar-refractivity contribution in [3.05, 3.63) is 48.0 Å². The van der Waals surface area contributed by atoms with E-state index in [0.717, 1.165) is 0 Å². The van der Waals surface area contributed by atoms with Crippen LogP contribution in [-0.4, -0.2) is 30.8 Å². The molecule has 4 rings (SSSR count). The molecule has 2 aromatic carbocycles. The Morgan fingerprint density at radius 2 is 1.65 bits per heavy atom. The summed E-state index contributed by atoms with van der Waals surface area (Å²) in [4.78, 5) is 24.6. The predicted molar refractivity (Wildman–Crippen MR) is 89.1 cm³/mol. The van der Waals surface area contributed by atoms with E-state index in [9.17, 15) is 9.59 Å². The molecule has 8 heteroatoms. The average molecular weight is 356 g/mol. The van der Waals surface area contributed by atoms with Crippen molar-refractivity contribution in [2.45, 2.75) is 19.1 Å². The molecule has 0 saturated heterocycles. The van der Waals surface area contributed by atoms with Crippen molar-refractivity contribution in [1.82, 2.24) is 10.9 Å². The fourth-order valence-electron chi connectivity index (χ4n) is 2.71. The second-order valence-corrected chi connectivity index (χ2v) is 5.82. The maximum absolute atomic E-state index is 12.4. The van der Waals surface area contributed by atoms with Crippen molar-refractivity contribution in [3.63, 3.8) is 0 Å². The van der Waals surface area contributed by atoms with Gasteiger partial charge in [-0.1, -0.05) is 12.1 Å². The Labute approximate surface area is 149 Å². The molecular weight excluding hydrogens is 340 g/mol. The van der Waals surface area contributed by atoms with Gasteiger partial charge in [0, 0.05) is 5.56 Å². The third kappa shape index (κ3) is 2.97. The lowest BCUT2D eigenvalue weighted by Gasteiger charge is -2.30. The Morgan fingerprint density at radius 1 is 0.923 bits per heavy atom. The standard InChI is InChI=1S/C18H16N2O6/c1-10-16(26-14-5-3-2-4-13(14)25-10)18(22)20-19-17(21)11-6-7-12-15(8-11)24-9-23-12/h2-8,10,16H,9H2,1H3,(H,19,21)(H,20,22). The minimum atomic E-state index is -0.887. The number of carbonyl (C=O) groups excluding carboxylic acids is 2. The number of hydrogen-bond acceptors (Lipinski definition) is 6. The molecule has 0 radical (unpaired) electrons. The van der Waals surface area contributed by atoms with Crippen molar-refractivity contribution in [2.24, 2.45) is 0 Å². The number of benzene rings is 2. The van der Waals surface area contributed by atoms with Gasteiger partial charge in [-0.3, -0.25) is 20.4 Å². The van der Waals surface area contributed by atoms with Crippen LogP contribution in [0.3, 0.4) is 0 Å². The molecule has 26 heavy (non-hydrogen) atoms. The van der Waals surface area contributed by atoms with Crippen molar-refractivity contribution in [2.75, 3.05) is 6.79 Å². The second kappa shape index (κ2) is 6.47. The van der Waals surface area contributed by atoms with E-state index in [2.05, 4.69) is 10.9 Å². The van der Waals surface area contributed by atoms with E-state index < -0.39 is 24.0 Å². The topological polar surface area (TPSA) is 95.1 Å². The molecule has 2 N–H and O–H groups in total. The van der Waals surface area contributed by atoms with Gasteiger partial charge in [-0.25, -0.2) is 0 Å². The third-order valence-corrected chi connectivity index (χ3v) is 4.03. The molecular formula is C18H16N2O6. The molecule has 8 nitrogen and oxygen atoms in total. The molecule has 2 aliphatic heterocycles. The van der Waals surface area contributed by atoms with E-state index >= 15 is 0 Å². The highest BCUT2D eigenvalue weighted by molar-refractivity contribution is 5.96. The van der Waals surface area contributed by atoms with Gasteiger partial charge in [0.05, 0.1) is 0 Å². The van der Waals surface area contributed by atoms with Crippen LogP contribution in [0, 0.1) is 0 Å². The Hall–Kier alpha value is -3.42. The van der Waals surface area contributed by atoms with Crippen LogP contribution in [0.25, 0.3) is 0 Å². The molecule has 0 aromatic heterocycles. The van der Waals surface area contributed by atoms with Crippen LogP contribution in [0.4, 0.5) is 0 Å². The van der Waals surface area contributed by atoms with Gasteiger partial charge < -0.3 is 18.9 Å². The number of carbonyl (C=O) groups is 2. The van der Waals surface area contributed by atoms with Crippen molar-refractivity contribution >= 4 is 11.8 Å². The number of amides is 2. The lowest BCUT2D eigenvalue weighted by Crippen LogP contribution is -2.53. The van der Waals surface area contributed by atoms with Crippen LogP contribution in [0.1, 0.15) is 17.3 Å². The number of ether oxygens (including phenoxy) is 4. The maximum atomic E-state index is 12.4. The zero-order valence-electron chi connectivity index (χ0n) is 13.9. The molecule has 2 aliphatic rings. The molecule has 2 unspecified atom stereocenters. The summed E-state index contributed by atoms with van der Waals surface area (Å²) in [5.41, 5.74) is 5.05. The lowest BCUT2D eigenvalue weighted by molar-refractivity contribution is -0.134. The molecule has 2 amide bonds. The molecule has 2 aromatic rings.